The average molecular weight is 135 g/mol. The molecule has 0 rings (SSSR count). The van der Waals surface area contributed by atoms with Gasteiger partial charge in [0.2, 0.25) is 0 Å². The quantitative estimate of drug-likeness (QED) is 0.596. The summed E-state index contributed by atoms with van der Waals surface area (Å²) in [5.74, 6) is 0.721. The minimum atomic E-state index is -0.697. The maximum atomic E-state index is 10.8. The van der Waals surface area contributed by atoms with Gasteiger partial charge in [0.15, 0.2) is 0 Å². The summed E-state index contributed by atoms with van der Waals surface area (Å²) in [7, 11) is -0.697. The molecule has 0 aromatic rings. The van der Waals surface area contributed by atoms with Crippen LogP contribution in [0.1, 0.15) is 13.8 Å². The van der Waals surface area contributed by atoms with E-state index in [0.717, 1.165) is 5.75 Å². The Kier molecular flexibility index (Phi) is 4.09. The highest BCUT2D eigenvalue weighted by molar-refractivity contribution is 7.85. The maximum absolute atomic E-state index is 10.8. The summed E-state index contributed by atoms with van der Waals surface area (Å²) in [6.45, 7) is 4.34. The van der Waals surface area contributed by atoms with Crippen molar-refractivity contribution in [1.82, 2.24) is 0 Å². The molecule has 0 spiro atoms. The molecular formula is C5H13NOS. The molecule has 0 heterocycles. The van der Waals surface area contributed by atoms with Crippen molar-refractivity contribution in [1.29, 1.82) is 0 Å². The molecule has 0 aromatic carbocycles. The van der Waals surface area contributed by atoms with E-state index in [9.17, 15) is 4.21 Å². The van der Waals surface area contributed by atoms with Gasteiger partial charge in [-0.3, -0.25) is 4.21 Å². The van der Waals surface area contributed by atoms with Crippen LogP contribution in [0, 0.1) is 0 Å². The summed E-state index contributed by atoms with van der Waals surface area (Å²) in [5, 5.41) is 0.167. The van der Waals surface area contributed by atoms with Gasteiger partial charge in [-0.25, -0.2) is 0 Å². The monoisotopic (exact) mass is 135 g/mol. The molecular weight excluding hydrogens is 122 g/mol. The summed E-state index contributed by atoms with van der Waals surface area (Å²) in [4.78, 5) is 0. The van der Waals surface area contributed by atoms with E-state index in [1.165, 1.54) is 0 Å². The second kappa shape index (κ2) is 4.04. The third-order valence-corrected chi connectivity index (χ3v) is 2.72. The van der Waals surface area contributed by atoms with Crippen LogP contribution in [0.25, 0.3) is 0 Å². The van der Waals surface area contributed by atoms with Gasteiger partial charge in [0, 0.05) is 28.3 Å². The molecule has 0 bridgehead atoms. The summed E-state index contributed by atoms with van der Waals surface area (Å²) in [6.07, 6.45) is 0. The fourth-order valence-corrected chi connectivity index (χ4v) is 1.18. The van der Waals surface area contributed by atoms with Crippen molar-refractivity contribution >= 4 is 10.8 Å². The molecule has 0 aliphatic heterocycles. The van der Waals surface area contributed by atoms with Crippen LogP contribution in [0.15, 0.2) is 0 Å². The van der Waals surface area contributed by atoms with Crippen LogP contribution in [0.3, 0.4) is 0 Å². The van der Waals surface area contributed by atoms with Gasteiger partial charge in [-0.15, -0.1) is 0 Å². The fraction of sp³-hybridized carbons (Fsp3) is 1.00. The molecule has 50 valence electrons. The molecule has 2 N–H and O–H groups in total. The highest BCUT2D eigenvalue weighted by atomic mass is 32.2. The van der Waals surface area contributed by atoms with E-state index in [0.29, 0.717) is 6.54 Å². The van der Waals surface area contributed by atoms with Gasteiger partial charge in [0.1, 0.15) is 0 Å². The highest BCUT2D eigenvalue weighted by Gasteiger charge is 2.03. The van der Waals surface area contributed by atoms with Crippen molar-refractivity contribution in [2.24, 2.45) is 5.73 Å². The molecule has 0 saturated heterocycles. The lowest BCUT2D eigenvalue weighted by Gasteiger charge is -2.03. The minimum absolute atomic E-state index is 0.167. The molecule has 0 amide bonds. The van der Waals surface area contributed by atoms with Crippen LogP contribution in [0.2, 0.25) is 0 Å². The van der Waals surface area contributed by atoms with Crippen LogP contribution in [0.5, 0.6) is 0 Å². The highest BCUT2D eigenvalue weighted by Crippen LogP contribution is 1.91. The standard InChI is InChI=1S/C5H13NOS/c1-3-8(7)5(2)4-6/h5H,3-4,6H2,1-2H3. The lowest BCUT2D eigenvalue weighted by molar-refractivity contribution is 0.674. The van der Waals surface area contributed by atoms with Crippen LogP contribution in [-0.4, -0.2) is 21.8 Å². The first-order valence-corrected chi connectivity index (χ1v) is 4.17. The first-order valence-electron chi connectivity index (χ1n) is 2.79. The molecule has 0 aromatic heterocycles. The van der Waals surface area contributed by atoms with Crippen molar-refractivity contribution in [3.05, 3.63) is 0 Å². The van der Waals surface area contributed by atoms with E-state index in [1.807, 2.05) is 13.8 Å². The Labute approximate surface area is 52.9 Å². The molecule has 0 saturated carbocycles. The normalized spacial score (nSPS) is 17.9. The van der Waals surface area contributed by atoms with E-state index >= 15 is 0 Å². The molecule has 0 radical (unpaired) electrons. The van der Waals surface area contributed by atoms with Crippen molar-refractivity contribution in [2.75, 3.05) is 12.3 Å². The molecule has 2 unspecified atom stereocenters. The Morgan fingerprint density at radius 3 is 2.38 bits per heavy atom. The lowest BCUT2D eigenvalue weighted by Crippen LogP contribution is -2.22. The van der Waals surface area contributed by atoms with Gasteiger partial charge in [-0.1, -0.05) is 6.92 Å². The number of hydrogen-bond donors (Lipinski definition) is 1. The van der Waals surface area contributed by atoms with E-state index in [4.69, 9.17) is 5.73 Å². The van der Waals surface area contributed by atoms with E-state index < -0.39 is 10.8 Å². The van der Waals surface area contributed by atoms with E-state index in [1.54, 1.807) is 0 Å². The Morgan fingerprint density at radius 1 is 1.75 bits per heavy atom. The predicted molar refractivity (Wildman–Crippen MR) is 37.2 cm³/mol. The molecule has 2 atom stereocenters. The third kappa shape index (κ3) is 2.43. The Hall–Kier alpha value is 0.110. The van der Waals surface area contributed by atoms with Crippen molar-refractivity contribution in [3.8, 4) is 0 Å². The van der Waals surface area contributed by atoms with E-state index in [2.05, 4.69) is 0 Å². The van der Waals surface area contributed by atoms with Crippen molar-refractivity contribution in [3.63, 3.8) is 0 Å². The predicted octanol–water partition coefficient (Wildman–Crippen LogP) is 0.102. The smallest absolute Gasteiger partial charge is 0.0442 e. The van der Waals surface area contributed by atoms with Crippen LogP contribution < -0.4 is 5.73 Å². The van der Waals surface area contributed by atoms with Gasteiger partial charge in [0.05, 0.1) is 0 Å². The molecule has 3 heteroatoms. The topological polar surface area (TPSA) is 43.1 Å². The van der Waals surface area contributed by atoms with Crippen LogP contribution in [-0.2, 0) is 10.8 Å². The average Bonchev–Trinajstić information content (AvgIpc) is 1.84. The SMILES string of the molecule is CCS(=O)C(C)CN. The van der Waals surface area contributed by atoms with Gasteiger partial charge in [-0.05, 0) is 6.92 Å². The fourth-order valence-electron chi connectivity index (χ4n) is 0.392. The third-order valence-electron chi connectivity index (χ3n) is 1.07. The zero-order chi connectivity index (χ0) is 6.57. The Bertz CT molecular complexity index is 84.5. The number of rotatable bonds is 3. The summed E-state index contributed by atoms with van der Waals surface area (Å²) >= 11 is 0. The van der Waals surface area contributed by atoms with Gasteiger partial charge < -0.3 is 5.73 Å². The Morgan fingerprint density at radius 2 is 2.25 bits per heavy atom. The number of nitrogens with two attached hydrogens (primary N) is 1. The van der Waals surface area contributed by atoms with Crippen molar-refractivity contribution < 1.29 is 4.21 Å². The Balaban J connectivity index is 3.46. The summed E-state index contributed by atoms with van der Waals surface area (Å²) in [6, 6.07) is 0. The largest absolute Gasteiger partial charge is 0.329 e. The zero-order valence-corrected chi connectivity index (χ0v) is 6.20. The lowest BCUT2D eigenvalue weighted by atomic mass is 10.5. The second-order valence-corrected chi connectivity index (χ2v) is 3.86. The van der Waals surface area contributed by atoms with Crippen LogP contribution >= 0.6 is 0 Å². The zero-order valence-electron chi connectivity index (χ0n) is 5.39. The van der Waals surface area contributed by atoms with Gasteiger partial charge in [0.25, 0.3) is 0 Å². The molecule has 0 aliphatic carbocycles. The first kappa shape index (κ1) is 8.11. The number of hydrogen-bond acceptors (Lipinski definition) is 2. The molecule has 2 nitrogen and oxygen atoms in total. The van der Waals surface area contributed by atoms with Crippen LogP contribution in [0.4, 0.5) is 0 Å². The minimum Gasteiger partial charge on any atom is -0.329 e. The molecule has 0 aliphatic rings. The molecule has 8 heavy (non-hydrogen) atoms. The summed E-state index contributed by atoms with van der Waals surface area (Å²) < 4.78 is 10.8. The summed E-state index contributed by atoms with van der Waals surface area (Å²) in [5.41, 5.74) is 5.26. The van der Waals surface area contributed by atoms with Crippen molar-refractivity contribution in [2.45, 2.75) is 19.1 Å². The maximum Gasteiger partial charge on any atom is 0.0442 e. The van der Waals surface area contributed by atoms with Gasteiger partial charge in [-0.2, -0.15) is 0 Å². The van der Waals surface area contributed by atoms with Gasteiger partial charge >= 0.3 is 0 Å². The second-order valence-electron chi connectivity index (χ2n) is 1.72. The molecule has 0 fully saturated rings. The first-order chi connectivity index (χ1) is 3.72. The van der Waals surface area contributed by atoms with E-state index in [-0.39, 0.29) is 5.25 Å².